The number of rotatable bonds is 7. The first-order chi connectivity index (χ1) is 12.8. The van der Waals surface area contributed by atoms with Gasteiger partial charge in [-0.15, -0.1) is 0 Å². The van der Waals surface area contributed by atoms with Crippen LogP contribution in [0.5, 0.6) is 0 Å². The maximum atomic E-state index is 12.4. The normalized spacial score (nSPS) is 23.0. The topological polar surface area (TPSA) is 60.5 Å². The monoisotopic (exact) mass is 359 g/mol. The average molecular weight is 360 g/mol. The summed E-state index contributed by atoms with van der Waals surface area (Å²) in [6.45, 7) is 6.89. The van der Waals surface area contributed by atoms with Gasteiger partial charge < -0.3 is 10.6 Å². The number of carbonyl (C=O) groups excluding carboxylic acids is 1. The summed E-state index contributed by atoms with van der Waals surface area (Å²) in [6, 6.07) is 4.80. The molecule has 2 N–H and O–H groups in total. The van der Waals surface area contributed by atoms with Crippen LogP contribution in [0.1, 0.15) is 31.2 Å². The van der Waals surface area contributed by atoms with Crippen molar-refractivity contribution in [3.05, 3.63) is 30.1 Å². The second kappa shape index (κ2) is 10.00. The fourth-order valence-electron chi connectivity index (χ4n) is 4.20. The lowest BCUT2D eigenvalue weighted by atomic mass is 9.93. The zero-order valence-electron chi connectivity index (χ0n) is 16.0. The molecular weight excluding hydrogens is 326 g/mol. The zero-order valence-corrected chi connectivity index (χ0v) is 16.0. The number of piperidine rings is 2. The molecule has 3 heterocycles. The van der Waals surface area contributed by atoms with Crippen LogP contribution >= 0.6 is 0 Å². The third kappa shape index (κ3) is 5.50. The first-order valence-electron chi connectivity index (χ1n) is 10.0. The molecule has 1 atom stereocenters. The van der Waals surface area contributed by atoms with Crippen molar-refractivity contribution in [2.24, 2.45) is 5.92 Å². The molecule has 1 amide bonds. The predicted octanol–water partition coefficient (Wildman–Crippen LogP) is 1.09. The molecule has 6 nitrogen and oxygen atoms in total. The SMILES string of the molecule is CNCCNC(=O)[C@@H]1CCCN(C2CCN(Cc3cccnc3)CC2)C1. The van der Waals surface area contributed by atoms with Crippen molar-refractivity contribution in [3.8, 4) is 0 Å². The van der Waals surface area contributed by atoms with Gasteiger partial charge in [0.1, 0.15) is 0 Å². The van der Waals surface area contributed by atoms with Crippen molar-refractivity contribution in [1.82, 2.24) is 25.4 Å². The van der Waals surface area contributed by atoms with Gasteiger partial charge in [0.05, 0.1) is 5.92 Å². The number of aromatic nitrogens is 1. The van der Waals surface area contributed by atoms with E-state index in [9.17, 15) is 4.79 Å². The van der Waals surface area contributed by atoms with E-state index in [2.05, 4.69) is 31.5 Å². The predicted molar refractivity (Wildman–Crippen MR) is 104 cm³/mol. The van der Waals surface area contributed by atoms with Gasteiger partial charge in [0.15, 0.2) is 0 Å². The number of likely N-dealkylation sites (N-methyl/N-ethyl adjacent to an activating group) is 1. The molecule has 2 saturated heterocycles. The molecule has 0 aromatic carbocycles. The van der Waals surface area contributed by atoms with Crippen molar-refractivity contribution in [1.29, 1.82) is 0 Å². The standard InChI is InChI=1S/C20H33N5O/c1-21-9-10-23-20(26)18-5-3-11-25(16-18)19-6-12-24(13-7-19)15-17-4-2-8-22-14-17/h2,4,8,14,18-19,21H,3,5-7,9-13,15-16H2,1H3,(H,23,26)/t18-/m1/s1. The minimum atomic E-state index is 0.161. The molecule has 0 spiro atoms. The highest BCUT2D eigenvalue weighted by Gasteiger charge is 2.31. The van der Waals surface area contributed by atoms with Gasteiger partial charge in [0.25, 0.3) is 0 Å². The average Bonchev–Trinajstić information content (AvgIpc) is 2.69. The van der Waals surface area contributed by atoms with E-state index in [-0.39, 0.29) is 11.8 Å². The molecule has 2 fully saturated rings. The van der Waals surface area contributed by atoms with Gasteiger partial charge in [-0.2, -0.15) is 0 Å². The van der Waals surface area contributed by atoms with Crippen molar-refractivity contribution in [2.75, 3.05) is 46.3 Å². The van der Waals surface area contributed by atoms with Gasteiger partial charge >= 0.3 is 0 Å². The highest BCUT2D eigenvalue weighted by molar-refractivity contribution is 5.78. The summed E-state index contributed by atoms with van der Waals surface area (Å²) in [5.41, 5.74) is 1.29. The van der Waals surface area contributed by atoms with Gasteiger partial charge in [-0.05, 0) is 64.0 Å². The molecule has 0 radical (unpaired) electrons. The van der Waals surface area contributed by atoms with Crippen LogP contribution in [0.4, 0.5) is 0 Å². The van der Waals surface area contributed by atoms with Crippen LogP contribution in [0.15, 0.2) is 24.5 Å². The number of hydrogen-bond acceptors (Lipinski definition) is 5. The lowest BCUT2D eigenvalue weighted by molar-refractivity contribution is -0.127. The summed E-state index contributed by atoms with van der Waals surface area (Å²) in [7, 11) is 1.91. The first kappa shape index (κ1) is 19.3. The van der Waals surface area contributed by atoms with E-state index < -0.39 is 0 Å². The van der Waals surface area contributed by atoms with Gasteiger partial charge in [-0.25, -0.2) is 0 Å². The zero-order chi connectivity index (χ0) is 18.2. The minimum absolute atomic E-state index is 0.161. The summed E-state index contributed by atoms with van der Waals surface area (Å²) >= 11 is 0. The Morgan fingerprint density at radius 3 is 2.81 bits per heavy atom. The number of pyridine rings is 1. The lowest BCUT2D eigenvalue weighted by Crippen LogP contribution is -2.51. The summed E-state index contributed by atoms with van der Waals surface area (Å²) in [5.74, 6) is 0.396. The number of amides is 1. The van der Waals surface area contributed by atoms with Gasteiger partial charge in [0, 0.05) is 44.6 Å². The second-order valence-corrected chi connectivity index (χ2v) is 7.60. The quantitative estimate of drug-likeness (QED) is 0.714. The van der Waals surface area contributed by atoms with E-state index in [1.54, 1.807) is 0 Å². The third-order valence-corrected chi connectivity index (χ3v) is 5.70. The van der Waals surface area contributed by atoms with E-state index >= 15 is 0 Å². The molecule has 0 bridgehead atoms. The Bertz CT molecular complexity index is 544. The molecule has 0 saturated carbocycles. The maximum Gasteiger partial charge on any atom is 0.224 e. The van der Waals surface area contributed by atoms with E-state index in [1.165, 1.54) is 18.4 Å². The van der Waals surface area contributed by atoms with Crippen molar-refractivity contribution >= 4 is 5.91 Å². The number of hydrogen-bond donors (Lipinski definition) is 2. The van der Waals surface area contributed by atoms with Crippen LogP contribution in [0.3, 0.4) is 0 Å². The molecule has 6 heteroatoms. The number of nitrogens with one attached hydrogen (secondary N) is 2. The number of nitrogens with zero attached hydrogens (tertiary/aromatic N) is 3. The fourth-order valence-corrected chi connectivity index (χ4v) is 4.20. The lowest BCUT2D eigenvalue weighted by Gasteiger charge is -2.42. The van der Waals surface area contributed by atoms with Gasteiger partial charge in [0.2, 0.25) is 5.91 Å². The van der Waals surface area contributed by atoms with Crippen LogP contribution in [0.2, 0.25) is 0 Å². The van der Waals surface area contributed by atoms with Crippen LogP contribution in [0, 0.1) is 5.92 Å². The number of likely N-dealkylation sites (tertiary alicyclic amines) is 2. The Labute approximate surface area is 157 Å². The molecule has 1 aromatic heterocycles. The molecule has 0 unspecified atom stereocenters. The Morgan fingerprint density at radius 1 is 1.23 bits per heavy atom. The number of carbonyl (C=O) groups is 1. The second-order valence-electron chi connectivity index (χ2n) is 7.60. The third-order valence-electron chi connectivity index (χ3n) is 5.70. The van der Waals surface area contributed by atoms with E-state index in [0.29, 0.717) is 6.04 Å². The minimum Gasteiger partial charge on any atom is -0.355 e. The maximum absolute atomic E-state index is 12.4. The largest absolute Gasteiger partial charge is 0.355 e. The van der Waals surface area contributed by atoms with E-state index in [0.717, 1.165) is 58.7 Å². The van der Waals surface area contributed by atoms with Crippen molar-refractivity contribution in [3.63, 3.8) is 0 Å². The Hall–Kier alpha value is -1.50. The molecule has 144 valence electrons. The van der Waals surface area contributed by atoms with Crippen molar-refractivity contribution in [2.45, 2.75) is 38.3 Å². The van der Waals surface area contributed by atoms with Gasteiger partial charge in [-0.3, -0.25) is 19.6 Å². The molecule has 2 aliphatic heterocycles. The smallest absolute Gasteiger partial charge is 0.224 e. The van der Waals surface area contributed by atoms with Crippen LogP contribution in [-0.4, -0.2) is 73.0 Å². The Kier molecular flexibility index (Phi) is 7.41. The summed E-state index contributed by atoms with van der Waals surface area (Å²) < 4.78 is 0. The Balaban J connectivity index is 1.43. The highest BCUT2D eigenvalue weighted by atomic mass is 16.1. The molecule has 26 heavy (non-hydrogen) atoms. The van der Waals surface area contributed by atoms with Crippen LogP contribution in [-0.2, 0) is 11.3 Å². The summed E-state index contributed by atoms with van der Waals surface area (Å²) in [6.07, 6.45) is 8.37. The van der Waals surface area contributed by atoms with E-state index in [4.69, 9.17) is 0 Å². The fraction of sp³-hybridized carbons (Fsp3) is 0.700. The van der Waals surface area contributed by atoms with Crippen LogP contribution < -0.4 is 10.6 Å². The highest BCUT2D eigenvalue weighted by Crippen LogP contribution is 2.24. The Morgan fingerprint density at radius 2 is 2.08 bits per heavy atom. The summed E-state index contributed by atoms with van der Waals surface area (Å²) in [5, 5.41) is 6.14. The molecule has 0 aliphatic carbocycles. The van der Waals surface area contributed by atoms with Crippen molar-refractivity contribution < 1.29 is 4.79 Å². The molecular formula is C20H33N5O. The first-order valence-corrected chi connectivity index (χ1v) is 10.0. The molecule has 3 rings (SSSR count). The molecule has 2 aliphatic rings. The van der Waals surface area contributed by atoms with E-state index in [1.807, 2.05) is 25.5 Å². The van der Waals surface area contributed by atoms with Crippen LogP contribution in [0.25, 0.3) is 0 Å². The van der Waals surface area contributed by atoms with Gasteiger partial charge in [-0.1, -0.05) is 6.07 Å². The summed E-state index contributed by atoms with van der Waals surface area (Å²) in [4.78, 5) is 21.7. The molecule has 1 aromatic rings.